The Hall–Kier alpha value is -2.33. The van der Waals surface area contributed by atoms with E-state index >= 15 is 0 Å². The van der Waals surface area contributed by atoms with Gasteiger partial charge >= 0.3 is 0 Å². The molecule has 0 aliphatic rings. The average molecular weight is 352 g/mol. The summed E-state index contributed by atoms with van der Waals surface area (Å²) in [6.45, 7) is 9.91. The van der Waals surface area contributed by atoms with Crippen LogP contribution in [-0.4, -0.2) is 27.9 Å². The first kappa shape index (κ1) is 18.5. The van der Waals surface area contributed by atoms with Crippen LogP contribution in [0, 0.1) is 27.7 Å². The topological polar surface area (TPSA) is 47.3 Å². The van der Waals surface area contributed by atoms with Crippen molar-refractivity contribution in [1.29, 1.82) is 0 Å². The van der Waals surface area contributed by atoms with E-state index in [9.17, 15) is 5.11 Å². The highest BCUT2D eigenvalue weighted by molar-refractivity contribution is 5.78. The largest absolute Gasteiger partial charge is 0.491 e. The summed E-state index contributed by atoms with van der Waals surface area (Å²) in [5.74, 6) is 1.96. The molecule has 26 heavy (non-hydrogen) atoms. The normalized spacial score (nSPS) is 11.3. The number of imidazole rings is 1. The third-order valence-electron chi connectivity index (χ3n) is 4.92. The minimum Gasteiger partial charge on any atom is -0.491 e. The number of fused-ring (bicyclic) bond motifs is 1. The van der Waals surface area contributed by atoms with Crippen molar-refractivity contribution in [3.05, 3.63) is 58.4 Å². The number of rotatable bonds is 7. The van der Waals surface area contributed by atoms with Crippen LogP contribution in [0.3, 0.4) is 0 Å². The lowest BCUT2D eigenvalue weighted by molar-refractivity contribution is 0.282. The Bertz CT molecular complexity index is 912. The van der Waals surface area contributed by atoms with Crippen LogP contribution in [0.4, 0.5) is 0 Å². The van der Waals surface area contributed by atoms with Crippen molar-refractivity contribution in [3.8, 4) is 5.75 Å². The molecule has 0 radical (unpaired) electrons. The second-order valence-electron chi connectivity index (χ2n) is 7.05. The number of aromatic nitrogens is 2. The SMILES string of the molecule is Cc1ccc(C)c(OCCn2c(CCCO)nc3cc(C)c(C)cc32)c1. The zero-order chi connectivity index (χ0) is 18.7. The maximum atomic E-state index is 9.20. The summed E-state index contributed by atoms with van der Waals surface area (Å²) in [5, 5.41) is 9.20. The zero-order valence-electron chi connectivity index (χ0n) is 16.2. The zero-order valence-corrected chi connectivity index (χ0v) is 16.2. The number of nitrogens with zero attached hydrogens (tertiary/aromatic N) is 2. The Balaban J connectivity index is 1.85. The maximum Gasteiger partial charge on any atom is 0.122 e. The first-order valence-electron chi connectivity index (χ1n) is 9.27. The molecule has 4 heteroatoms. The number of ether oxygens (including phenoxy) is 1. The second kappa shape index (κ2) is 7.92. The number of aliphatic hydroxyl groups is 1. The van der Waals surface area contributed by atoms with E-state index in [-0.39, 0.29) is 6.61 Å². The summed E-state index contributed by atoms with van der Waals surface area (Å²) in [6, 6.07) is 10.6. The van der Waals surface area contributed by atoms with Gasteiger partial charge in [0, 0.05) is 13.0 Å². The Morgan fingerprint density at radius 2 is 1.77 bits per heavy atom. The van der Waals surface area contributed by atoms with Crippen LogP contribution in [0.25, 0.3) is 11.0 Å². The Kier molecular flexibility index (Phi) is 5.62. The summed E-state index contributed by atoms with van der Waals surface area (Å²) in [6.07, 6.45) is 1.49. The van der Waals surface area contributed by atoms with Gasteiger partial charge in [-0.2, -0.15) is 0 Å². The van der Waals surface area contributed by atoms with E-state index in [4.69, 9.17) is 9.72 Å². The highest BCUT2D eigenvalue weighted by Crippen LogP contribution is 2.23. The van der Waals surface area contributed by atoms with E-state index in [1.807, 2.05) is 0 Å². The van der Waals surface area contributed by atoms with Crippen LogP contribution < -0.4 is 4.74 Å². The molecule has 1 N–H and O–H groups in total. The van der Waals surface area contributed by atoms with E-state index in [1.165, 1.54) is 16.7 Å². The number of benzene rings is 2. The molecule has 3 rings (SSSR count). The minimum absolute atomic E-state index is 0.181. The van der Waals surface area contributed by atoms with Gasteiger partial charge in [0.2, 0.25) is 0 Å². The van der Waals surface area contributed by atoms with Gasteiger partial charge in [-0.25, -0.2) is 4.98 Å². The summed E-state index contributed by atoms with van der Waals surface area (Å²) in [4.78, 5) is 4.81. The molecule has 1 heterocycles. The molecule has 0 atom stereocenters. The Labute approximate surface area is 155 Å². The Morgan fingerprint density at radius 3 is 2.54 bits per heavy atom. The average Bonchev–Trinajstić information content (AvgIpc) is 2.93. The summed E-state index contributed by atoms with van der Waals surface area (Å²) in [5.41, 5.74) is 7.04. The highest BCUT2D eigenvalue weighted by atomic mass is 16.5. The molecule has 0 bridgehead atoms. The lowest BCUT2D eigenvalue weighted by Crippen LogP contribution is -2.12. The lowest BCUT2D eigenvalue weighted by atomic mass is 10.1. The predicted octanol–water partition coefficient (Wildman–Crippen LogP) is 4.27. The molecular weight excluding hydrogens is 324 g/mol. The van der Waals surface area contributed by atoms with Gasteiger partial charge in [-0.05, 0) is 74.6 Å². The molecule has 0 aliphatic heterocycles. The molecule has 138 valence electrons. The number of hydrogen-bond acceptors (Lipinski definition) is 3. The second-order valence-corrected chi connectivity index (χ2v) is 7.05. The summed E-state index contributed by atoms with van der Waals surface area (Å²) in [7, 11) is 0. The monoisotopic (exact) mass is 352 g/mol. The molecule has 2 aromatic carbocycles. The van der Waals surface area contributed by atoms with Crippen molar-refractivity contribution in [2.45, 2.75) is 47.1 Å². The van der Waals surface area contributed by atoms with Gasteiger partial charge in [0.1, 0.15) is 18.2 Å². The van der Waals surface area contributed by atoms with Crippen molar-refractivity contribution < 1.29 is 9.84 Å². The molecule has 1 aromatic heterocycles. The minimum atomic E-state index is 0.181. The van der Waals surface area contributed by atoms with E-state index in [0.717, 1.165) is 47.6 Å². The van der Waals surface area contributed by atoms with Crippen LogP contribution >= 0.6 is 0 Å². The summed E-state index contributed by atoms with van der Waals surface area (Å²) >= 11 is 0. The molecule has 0 unspecified atom stereocenters. The van der Waals surface area contributed by atoms with Crippen LogP contribution in [0.5, 0.6) is 5.75 Å². The third kappa shape index (κ3) is 3.91. The quantitative estimate of drug-likeness (QED) is 0.690. The van der Waals surface area contributed by atoms with E-state index in [1.54, 1.807) is 0 Å². The molecule has 0 saturated heterocycles. The number of hydrogen-bond donors (Lipinski definition) is 1. The maximum absolute atomic E-state index is 9.20. The fourth-order valence-electron chi connectivity index (χ4n) is 3.22. The van der Waals surface area contributed by atoms with Crippen LogP contribution in [0.1, 0.15) is 34.5 Å². The predicted molar refractivity (Wildman–Crippen MR) is 106 cm³/mol. The van der Waals surface area contributed by atoms with Gasteiger partial charge in [-0.3, -0.25) is 0 Å². The van der Waals surface area contributed by atoms with Crippen molar-refractivity contribution in [1.82, 2.24) is 9.55 Å². The van der Waals surface area contributed by atoms with Gasteiger partial charge < -0.3 is 14.4 Å². The molecule has 3 aromatic rings. The smallest absolute Gasteiger partial charge is 0.122 e. The van der Waals surface area contributed by atoms with Gasteiger partial charge in [0.15, 0.2) is 0 Å². The van der Waals surface area contributed by atoms with E-state index < -0.39 is 0 Å². The van der Waals surface area contributed by atoms with Crippen molar-refractivity contribution in [3.63, 3.8) is 0 Å². The van der Waals surface area contributed by atoms with Crippen LogP contribution in [-0.2, 0) is 13.0 Å². The van der Waals surface area contributed by atoms with Crippen LogP contribution in [0.15, 0.2) is 30.3 Å². The molecular formula is C22H28N2O2. The van der Waals surface area contributed by atoms with Gasteiger partial charge in [0.05, 0.1) is 17.6 Å². The highest BCUT2D eigenvalue weighted by Gasteiger charge is 2.12. The van der Waals surface area contributed by atoms with Gasteiger partial charge in [0.25, 0.3) is 0 Å². The van der Waals surface area contributed by atoms with Gasteiger partial charge in [-0.1, -0.05) is 12.1 Å². The molecule has 0 fully saturated rings. The third-order valence-corrected chi connectivity index (χ3v) is 4.92. The van der Waals surface area contributed by atoms with E-state index in [0.29, 0.717) is 6.61 Å². The lowest BCUT2D eigenvalue weighted by Gasteiger charge is -2.13. The molecule has 0 spiro atoms. The standard InChI is InChI=1S/C22H28N2O2/c1-15-7-8-16(2)21(12-15)26-11-9-24-20-14-18(4)17(3)13-19(20)23-22(24)6-5-10-25/h7-8,12-14,25H,5-6,9-11H2,1-4H3. The fraction of sp³-hybridized carbons (Fsp3) is 0.409. The molecule has 0 aliphatic carbocycles. The van der Waals surface area contributed by atoms with Crippen molar-refractivity contribution in [2.75, 3.05) is 13.2 Å². The first-order chi connectivity index (χ1) is 12.5. The van der Waals surface area contributed by atoms with Gasteiger partial charge in [-0.15, -0.1) is 0 Å². The summed E-state index contributed by atoms with van der Waals surface area (Å²) < 4.78 is 8.29. The Morgan fingerprint density at radius 1 is 1.00 bits per heavy atom. The molecule has 4 nitrogen and oxygen atoms in total. The molecule has 0 saturated carbocycles. The molecule has 0 amide bonds. The first-order valence-corrected chi connectivity index (χ1v) is 9.27. The number of aryl methyl sites for hydroxylation is 5. The van der Waals surface area contributed by atoms with E-state index in [2.05, 4.69) is 62.6 Å². The number of aliphatic hydroxyl groups excluding tert-OH is 1. The fourth-order valence-corrected chi connectivity index (χ4v) is 3.22. The van der Waals surface area contributed by atoms with Crippen LogP contribution in [0.2, 0.25) is 0 Å². The van der Waals surface area contributed by atoms with Crippen molar-refractivity contribution >= 4 is 11.0 Å². The van der Waals surface area contributed by atoms with Crippen molar-refractivity contribution in [2.24, 2.45) is 0 Å².